The number of amides is 2. The van der Waals surface area contributed by atoms with E-state index in [1.807, 2.05) is 24.3 Å². The molecule has 5 nitrogen and oxygen atoms in total. The van der Waals surface area contributed by atoms with Crippen molar-refractivity contribution in [2.24, 2.45) is 0 Å². The molecule has 0 heterocycles. The Kier molecular flexibility index (Phi) is 5.80. The van der Waals surface area contributed by atoms with Crippen LogP contribution < -0.4 is 15.4 Å². The molecule has 0 atom stereocenters. The fourth-order valence-corrected chi connectivity index (χ4v) is 2.43. The molecular weight excluding hydrogens is 316 g/mol. The van der Waals surface area contributed by atoms with E-state index in [-0.39, 0.29) is 23.8 Å². The van der Waals surface area contributed by atoms with E-state index < -0.39 is 0 Å². The van der Waals surface area contributed by atoms with E-state index in [0.29, 0.717) is 17.1 Å². The minimum Gasteiger partial charge on any atom is -0.483 e. The molecule has 0 bridgehead atoms. The van der Waals surface area contributed by atoms with Crippen molar-refractivity contribution in [1.29, 1.82) is 0 Å². The Hall–Kier alpha value is -2.82. The number of rotatable bonds is 5. The molecule has 0 aliphatic rings. The van der Waals surface area contributed by atoms with Crippen molar-refractivity contribution < 1.29 is 14.3 Å². The summed E-state index contributed by atoms with van der Waals surface area (Å²) in [6.45, 7) is 7.65. The zero-order valence-electron chi connectivity index (χ0n) is 15.1. The van der Waals surface area contributed by atoms with Crippen molar-refractivity contribution in [3.05, 3.63) is 54.1 Å². The van der Waals surface area contributed by atoms with Gasteiger partial charge in [0, 0.05) is 18.3 Å². The van der Waals surface area contributed by atoms with Gasteiger partial charge in [-0.15, -0.1) is 0 Å². The lowest BCUT2D eigenvalue weighted by molar-refractivity contribution is -0.118. The third-order valence-corrected chi connectivity index (χ3v) is 3.52. The first-order valence-corrected chi connectivity index (χ1v) is 8.15. The number of carbonyl (C=O) groups is 2. The second-order valence-electron chi connectivity index (χ2n) is 6.85. The van der Waals surface area contributed by atoms with Crippen LogP contribution in [0.5, 0.6) is 5.75 Å². The topological polar surface area (TPSA) is 67.4 Å². The molecule has 2 rings (SSSR count). The first kappa shape index (κ1) is 18.5. The van der Waals surface area contributed by atoms with Gasteiger partial charge in [-0.2, -0.15) is 0 Å². The van der Waals surface area contributed by atoms with Crippen molar-refractivity contribution in [2.45, 2.75) is 33.1 Å². The van der Waals surface area contributed by atoms with Gasteiger partial charge in [0.1, 0.15) is 5.75 Å². The smallest absolute Gasteiger partial charge is 0.262 e. The number of nitrogens with one attached hydrogen (secondary N) is 2. The first-order chi connectivity index (χ1) is 11.8. The van der Waals surface area contributed by atoms with Crippen molar-refractivity contribution in [3.8, 4) is 5.75 Å². The number of para-hydroxylation sites is 1. The van der Waals surface area contributed by atoms with E-state index in [4.69, 9.17) is 4.74 Å². The summed E-state index contributed by atoms with van der Waals surface area (Å²) in [6, 6.07) is 14.7. The Bertz CT molecular complexity index is 764. The summed E-state index contributed by atoms with van der Waals surface area (Å²) in [7, 11) is 0. The number of benzene rings is 2. The highest BCUT2D eigenvalue weighted by Crippen LogP contribution is 2.30. The fourth-order valence-electron chi connectivity index (χ4n) is 2.43. The van der Waals surface area contributed by atoms with E-state index >= 15 is 0 Å². The number of hydrogen-bond acceptors (Lipinski definition) is 3. The van der Waals surface area contributed by atoms with Gasteiger partial charge >= 0.3 is 0 Å². The minimum absolute atomic E-state index is 0.0697. The van der Waals surface area contributed by atoms with Gasteiger partial charge in [-0.1, -0.05) is 45.0 Å². The maximum Gasteiger partial charge on any atom is 0.262 e. The van der Waals surface area contributed by atoms with E-state index in [1.165, 1.54) is 6.92 Å². The van der Waals surface area contributed by atoms with Crippen LogP contribution in [-0.4, -0.2) is 18.4 Å². The van der Waals surface area contributed by atoms with Crippen molar-refractivity contribution in [1.82, 2.24) is 0 Å². The second-order valence-corrected chi connectivity index (χ2v) is 6.85. The van der Waals surface area contributed by atoms with Crippen molar-refractivity contribution in [2.75, 3.05) is 17.2 Å². The van der Waals surface area contributed by atoms with Crippen LogP contribution in [0, 0.1) is 0 Å². The van der Waals surface area contributed by atoms with E-state index in [1.54, 1.807) is 24.3 Å². The third-order valence-electron chi connectivity index (χ3n) is 3.52. The van der Waals surface area contributed by atoms with Crippen LogP contribution in [0.15, 0.2) is 48.5 Å². The SMILES string of the molecule is CC(=O)Nc1cccc(NC(=O)COc2ccccc2C(C)(C)C)c1. The average molecular weight is 340 g/mol. The second kappa shape index (κ2) is 7.83. The van der Waals surface area contributed by atoms with Crippen LogP contribution in [0.3, 0.4) is 0 Å². The molecule has 5 heteroatoms. The van der Waals surface area contributed by atoms with E-state index in [9.17, 15) is 9.59 Å². The standard InChI is InChI=1S/C20H24N2O3/c1-14(23)21-15-8-7-9-16(12-15)22-19(24)13-25-18-11-6-5-10-17(18)20(2,3)4/h5-12H,13H2,1-4H3,(H,21,23)(H,22,24). The maximum atomic E-state index is 12.2. The predicted molar refractivity (Wildman–Crippen MR) is 100 cm³/mol. The quantitative estimate of drug-likeness (QED) is 0.866. The monoisotopic (exact) mass is 340 g/mol. The fraction of sp³-hybridized carbons (Fsp3) is 0.300. The molecule has 0 radical (unpaired) electrons. The van der Waals surface area contributed by atoms with Crippen molar-refractivity contribution >= 4 is 23.2 Å². The third kappa shape index (κ3) is 5.64. The van der Waals surface area contributed by atoms with Gasteiger partial charge in [0.05, 0.1) is 0 Å². The highest BCUT2D eigenvalue weighted by molar-refractivity contribution is 5.94. The molecule has 0 saturated heterocycles. The molecule has 0 aliphatic heterocycles. The van der Waals surface area contributed by atoms with Gasteiger partial charge in [-0.05, 0) is 35.2 Å². The summed E-state index contributed by atoms with van der Waals surface area (Å²) >= 11 is 0. The molecule has 2 amide bonds. The van der Waals surface area contributed by atoms with Crippen LogP contribution in [0.25, 0.3) is 0 Å². The number of hydrogen-bond donors (Lipinski definition) is 2. The first-order valence-electron chi connectivity index (χ1n) is 8.15. The Labute approximate surface area is 148 Å². The number of carbonyl (C=O) groups excluding carboxylic acids is 2. The molecule has 2 aromatic carbocycles. The lowest BCUT2D eigenvalue weighted by Gasteiger charge is -2.22. The predicted octanol–water partition coefficient (Wildman–Crippen LogP) is 3.96. The molecular formula is C20H24N2O3. The van der Waals surface area contributed by atoms with E-state index in [2.05, 4.69) is 31.4 Å². The molecule has 2 N–H and O–H groups in total. The van der Waals surface area contributed by atoms with Gasteiger partial charge in [0.2, 0.25) is 5.91 Å². The molecule has 0 aromatic heterocycles. The molecule has 0 saturated carbocycles. The molecule has 0 aliphatic carbocycles. The molecule has 0 spiro atoms. The number of ether oxygens (including phenoxy) is 1. The van der Waals surface area contributed by atoms with Gasteiger partial charge in [-0.25, -0.2) is 0 Å². The summed E-state index contributed by atoms with van der Waals surface area (Å²) in [5.41, 5.74) is 2.21. The summed E-state index contributed by atoms with van der Waals surface area (Å²) < 4.78 is 5.71. The molecule has 132 valence electrons. The number of anilines is 2. The zero-order valence-corrected chi connectivity index (χ0v) is 15.1. The van der Waals surface area contributed by atoms with Crippen molar-refractivity contribution in [3.63, 3.8) is 0 Å². The van der Waals surface area contributed by atoms with Crippen LogP contribution in [-0.2, 0) is 15.0 Å². The van der Waals surface area contributed by atoms with Gasteiger partial charge in [0.15, 0.2) is 6.61 Å². The van der Waals surface area contributed by atoms with Crippen LogP contribution in [0.2, 0.25) is 0 Å². The summed E-state index contributed by atoms with van der Waals surface area (Å²) in [4.78, 5) is 23.3. The summed E-state index contributed by atoms with van der Waals surface area (Å²) in [6.07, 6.45) is 0. The Morgan fingerprint density at radius 3 is 2.24 bits per heavy atom. The maximum absolute atomic E-state index is 12.2. The minimum atomic E-state index is -0.260. The Morgan fingerprint density at radius 1 is 0.960 bits per heavy atom. The Morgan fingerprint density at radius 2 is 1.60 bits per heavy atom. The normalized spacial score (nSPS) is 10.9. The van der Waals surface area contributed by atoms with Gasteiger partial charge in [0.25, 0.3) is 5.91 Å². The highest BCUT2D eigenvalue weighted by Gasteiger charge is 2.18. The lowest BCUT2D eigenvalue weighted by Crippen LogP contribution is -2.22. The largest absolute Gasteiger partial charge is 0.483 e. The van der Waals surface area contributed by atoms with Gasteiger partial charge in [-0.3, -0.25) is 9.59 Å². The average Bonchev–Trinajstić information content (AvgIpc) is 2.52. The Balaban J connectivity index is 1.99. The van der Waals surface area contributed by atoms with E-state index in [0.717, 1.165) is 5.56 Å². The van der Waals surface area contributed by atoms with Crippen LogP contribution >= 0.6 is 0 Å². The zero-order chi connectivity index (χ0) is 18.4. The van der Waals surface area contributed by atoms with Gasteiger partial charge < -0.3 is 15.4 Å². The summed E-state index contributed by atoms with van der Waals surface area (Å²) in [5.74, 6) is 0.284. The van der Waals surface area contributed by atoms with Crippen LogP contribution in [0.4, 0.5) is 11.4 Å². The molecule has 2 aromatic rings. The lowest BCUT2D eigenvalue weighted by atomic mass is 9.86. The summed E-state index contributed by atoms with van der Waals surface area (Å²) in [5, 5.41) is 5.45. The van der Waals surface area contributed by atoms with Crippen LogP contribution in [0.1, 0.15) is 33.3 Å². The molecule has 0 fully saturated rings. The molecule has 0 unspecified atom stereocenters. The molecule has 25 heavy (non-hydrogen) atoms. The highest BCUT2D eigenvalue weighted by atomic mass is 16.5.